The molecule has 0 aromatic rings. The molecule has 15 heavy (non-hydrogen) atoms. The number of hydrogen-bond acceptors (Lipinski definition) is 1. The molecular formula is C14H31N. The second-order valence-electron chi connectivity index (χ2n) is 4.58. The molecule has 0 amide bonds. The molecule has 0 bridgehead atoms. The van der Waals surface area contributed by atoms with Gasteiger partial charge in [-0.2, -0.15) is 0 Å². The first-order valence-corrected chi connectivity index (χ1v) is 6.93. The molecule has 1 saturated heterocycles. The smallest absolute Gasteiger partial charge is 0.0239 e. The van der Waals surface area contributed by atoms with E-state index in [4.69, 9.17) is 0 Å². The highest BCUT2D eigenvalue weighted by atomic mass is 15.3. The van der Waals surface area contributed by atoms with Crippen LogP contribution in [0.25, 0.3) is 0 Å². The molecule has 1 aliphatic carbocycles. The molecule has 1 aliphatic heterocycles. The number of hydrogen-bond donors (Lipinski definition) is 0. The Balaban J connectivity index is 0.000000442. The van der Waals surface area contributed by atoms with Crippen molar-refractivity contribution in [1.82, 2.24) is 4.90 Å². The fourth-order valence-electron chi connectivity index (χ4n) is 2.79. The predicted molar refractivity (Wildman–Crippen MR) is 70.3 cm³/mol. The van der Waals surface area contributed by atoms with Crippen LogP contribution in [0.5, 0.6) is 0 Å². The largest absolute Gasteiger partial charge is 0.295 e. The predicted octanol–water partition coefficient (Wildman–Crippen LogP) is 4.32. The monoisotopic (exact) mass is 213 g/mol. The van der Waals surface area contributed by atoms with Crippen molar-refractivity contribution in [1.29, 1.82) is 0 Å². The summed E-state index contributed by atoms with van der Waals surface area (Å²) in [6.07, 6.45) is 4.36. The van der Waals surface area contributed by atoms with Crippen LogP contribution in [0.4, 0.5) is 0 Å². The molecule has 2 rings (SSSR count). The first-order valence-electron chi connectivity index (χ1n) is 6.93. The lowest BCUT2D eigenvalue weighted by atomic mass is 10.0. The van der Waals surface area contributed by atoms with Crippen LogP contribution in [0, 0.1) is 5.92 Å². The summed E-state index contributed by atoms with van der Waals surface area (Å²) >= 11 is 0. The Labute approximate surface area is 97.2 Å². The van der Waals surface area contributed by atoms with E-state index in [9.17, 15) is 0 Å². The normalized spacial score (nSPS) is 26.8. The lowest BCUT2D eigenvalue weighted by molar-refractivity contribution is 0.166. The Morgan fingerprint density at radius 1 is 1.07 bits per heavy atom. The van der Waals surface area contributed by atoms with Crippen LogP contribution in [0.1, 0.15) is 67.7 Å². The Morgan fingerprint density at radius 3 is 1.80 bits per heavy atom. The molecule has 1 saturated carbocycles. The summed E-state index contributed by atoms with van der Waals surface area (Å²) in [5, 5.41) is 0. The van der Waals surface area contributed by atoms with Gasteiger partial charge in [-0.1, -0.05) is 34.6 Å². The fraction of sp³-hybridized carbons (Fsp3) is 1.00. The van der Waals surface area contributed by atoms with Gasteiger partial charge in [0.05, 0.1) is 0 Å². The number of rotatable bonds is 1. The third kappa shape index (κ3) is 2.96. The van der Waals surface area contributed by atoms with Crippen LogP contribution in [0.3, 0.4) is 0 Å². The Kier molecular flexibility index (Phi) is 6.51. The van der Waals surface area contributed by atoms with E-state index in [2.05, 4.69) is 25.7 Å². The standard InChI is InChI=1S/C10H19N.2C2H6/c1-8(2)11-7-4-9(3)10(11)5-6-10;2*1-2/h8-9H,4-7H2,1-3H3;2*1-2H3. The SMILES string of the molecule is CC.CC.CC(C)N1CCC(C)C12CC2. The molecule has 2 aliphatic rings. The Morgan fingerprint density at radius 2 is 1.53 bits per heavy atom. The van der Waals surface area contributed by atoms with Gasteiger partial charge in [-0.3, -0.25) is 4.90 Å². The lowest BCUT2D eigenvalue weighted by Crippen LogP contribution is -2.39. The lowest BCUT2D eigenvalue weighted by Gasteiger charge is -2.30. The van der Waals surface area contributed by atoms with Gasteiger partial charge in [-0.05, 0) is 45.6 Å². The van der Waals surface area contributed by atoms with Crippen LogP contribution in [-0.4, -0.2) is 23.0 Å². The summed E-state index contributed by atoms with van der Waals surface area (Å²) < 4.78 is 0. The Bertz CT molecular complexity index is 159. The summed E-state index contributed by atoms with van der Waals surface area (Å²) in [4.78, 5) is 2.72. The summed E-state index contributed by atoms with van der Waals surface area (Å²) in [5.41, 5.74) is 0.675. The molecule has 92 valence electrons. The van der Waals surface area contributed by atoms with Gasteiger partial charge in [0.25, 0.3) is 0 Å². The summed E-state index contributed by atoms with van der Waals surface area (Å²) in [6, 6.07) is 0.766. The minimum atomic E-state index is 0.675. The van der Waals surface area contributed by atoms with E-state index in [1.54, 1.807) is 0 Å². The third-order valence-electron chi connectivity index (χ3n) is 3.68. The van der Waals surface area contributed by atoms with Gasteiger partial charge in [-0.25, -0.2) is 0 Å². The van der Waals surface area contributed by atoms with Crippen molar-refractivity contribution in [3.63, 3.8) is 0 Å². The molecule has 2 fully saturated rings. The van der Waals surface area contributed by atoms with Crippen LogP contribution >= 0.6 is 0 Å². The summed E-state index contributed by atoms with van der Waals surface area (Å²) in [7, 11) is 0. The molecular weight excluding hydrogens is 182 g/mol. The third-order valence-corrected chi connectivity index (χ3v) is 3.68. The van der Waals surface area contributed by atoms with Crippen LogP contribution < -0.4 is 0 Å². The van der Waals surface area contributed by atoms with Crippen LogP contribution in [0.2, 0.25) is 0 Å². The highest BCUT2D eigenvalue weighted by molar-refractivity contribution is 5.11. The van der Waals surface area contributed by atoms with E-state index in [0.29, 0.717) is 5.54 Å². The van der Waals surface area contributed by atoms with Gasteiger partial charge in [-0.15, -0.1) is 0 Å². The van der Waals surface area contributed by atoms with Crippen molar-refractivity contribution in [2.45, 2.75) is 79.3 Å². The first kappa shape index (κ1) is 15.0. The van der Waals surface area contributed by atoms with Crippen LogP contribution in [-0.2, 0) is 0 Å². The Hall–Kier alpha value is -0.0400. The topological polar surface area (TPSA) is 3.24 Å². The van der Waals surface area contributed by atoms with Crippen molar-refractivity contribution in [3.05, 3.63) is 0 Å². The zero-order valence-electron chi connectivity index (χ0n) is 11.9. The van der Waals surface area contributed by atoms with Gasteiger partial charge < -0.3 is 0 Å². The number of likely N-dealkylation sites (tertiary alicyclic amines) is 1. The molecule has 0 aromatic carbocycles. The minimum absolute atomic E-state index is 0.675. The molecule has 1 nitrogen and oxygen atoms in total. The molecule has 0 aromatic heterocycles. The van der Waals surface area contributed by atoms with E-state index < -0.39 is 0 Å². The molecule has 1 heteroatoms. The van der Waals surface area contributed by atoms with Crippen molar-refractivity contribution in [3.8, 4) is 0 Å². The molecule has 1 unspecified atom stereocenters. The highest BCUT2D eigenvalue weighted by Crippen LogP contribution is 2.53. The maximum Gasteiger partial charge on any atom is 0.0239 e. The second-order valence-corrected chi connectivity index (χ2v) is 4.58. The quantitative estimate of drug-likeness (QED) is 0.627. The zero-order chi connectivity index (χ0) is 12.1. The van der Waals surface area contributed by atoms with Crippen molar-refractivity contribution in [2.75, 3.05) is 6.54 Å². The summed E-state index contributed by atoms with van der Waals surface area (Å²) in [6.45, 7) is 16.4. The van der Waals surface area contributed by atoms with Crippen molar-refractivity contribution in [2.24, 2.45) is 5.92 Å². The van der Waals surface area contributed by atoms with Gasteiger partial charge in [0.2, 0.25) is 0 Å². The molecule has 0 radical (unpaired) electrons. The van der Waals surface area contributed by atoms with E-state index in [-0.39, 0.29) is 0 Å². The van der Waals surface area contributed by atoms with E-state index in [1.807, 2.05) is 27.7 Å². The highest BCUT2D eigenvalue weighted by Gasteiger charge is 2.55. The van der Waals surface area contributed by atoms with Crippen LogP contribution in [0.15, 0.2) is 0 Å². The molecule has 1 heterocycles. The number of nitrogens with zero attached hydrogens (tertiary/aromatic N) is 1. The van der Waals surface area contributed by atoms with Crippen molar-refractivity contribution < 1.29 is 0 Å². The maximum absolute atomic E-state index is 2.72. The second kappa shape index (κ2) is 6.52. The molecule has 1 atom stereocenters. The minimum Gasteiger partial charge on any atom is -0.295 e. The maximum atomic E-state index is 2.72. The van der Waals surface area contributed by atoms with E-state index >= 15 is 0 Å². The van der Waals surface area contributed by atoms with Crippen molar-refractivity contribution >= 4 is 0 Å². The first-order chi connectivity index (χ1) is 7.17. The van der Waals surface area contributed by atoms with E-state index in [0.717, 1.165) is 12.0 Å². The summed E-state index contributed by atoms with van der Waals surface area (Å²) in [5.74, 6) is 0.963. The van der Waals surface area contributed by atoms with Gasteiger partial charge >= 0.3 is 0 Å². The van der Waals surface area contributed by atoms with E-state index in [1.165, 1.54) is 25.8 Å². The average Bonchev–Trinajstić information content (AvgIpc) is 2.97. The van der Waals surface area contributed by atoms with Gasteiger partial charge in [0, 0.05) is 11.6 Å². The van der Waals surface area contributed by atoms with Gasteiger partial charge in [0.15, 0.2) is 0 Å². The average molecular weight is 213 g/mol. The fourth-order valence-corrected chi connectivity index (χ4v) is 2.79. The molecule has 1 spiro atoms. The molecule has 0 N–H and O–H groups in total. The zero-order valence-corrected chi connectivity index (χ0v) is 11.9. The van der Waals surface area contributed by atoms with Gasteiger partial charge in [0.1, 0.15) is 0 Å².